The predicted octanol–water partition coefficient (Wildman–Crippen LogP) is -0.240. The van der Waals surface area contributed by atoms with Gasteiger partial charge in [0.1, 0.15) is 0 Å². The molecule has 0 aliphatic rings. The van der Waals surface area contributed by atoms with Crippen LogP contribution in [0, 0.1) is 11.8 Å². The van der Waals surface area contributed by atoms with Gasteiger partial charge >= 0.3 is 32.1 Å². The Hall–Kier alpha value is -1.97. The van der Waals surface area contributed by atoms with Gasteiger partial charge in [0.2, 0.25) is 0 Å². The highest BCUT2D eigenvalue weighted by atomic mass is 31.1. The highest BCUT2D eigenvalue weighted by Crippen LogP contribution is 2.27. The summed E-state index contributed by atoms with van der Waals surface area (Å²) in [5, 5.41) is 34.4. The molecule has 2 unspecified atom stereocenters. The van der Waals surface area contributed by atoms with Crippen molar-refractivity contribution in [2.24, 2.45) is 11.8 Å². The lowest BCUT2D eigenvalue weighted by atomic mass is 10.1. The van der Waals surface area contributed by atoms with Crippen molar-refractivity contribution in [3.05, 3.63) is 0 Å². The van der Waals surface area contributed by atoms with E-state index in [0.29, 0.717) is 0 Å². The van der Waals surface area contributed by atoms with Crippen LogP contribution in [-0.4, -0.2) is 57.5 Å². The van der Waals surface area contributed by atoms with Crippen molar-refractivity contribution in [2.75, 3.05) is 13.2 Å². The largest absolute Gasteiger partial charge is 0.481 e. The first-order valence-electron chi connectivity index (χ1n) is 5.82. The van der Waals surface area contributed by atoms with E-state index in [2.05, 4.69) is 9.05 Å². The Morgan fingerprint density at radius 3 is 1.32 bits per heavy atom. The minimum atomic E-state index is -3.28. The molecule has 12 heteroatoms. The monoisotopic (exact) mass is 342 g/mol. The highest BCUT2D eigenvalue weighted by Gasteiger charge is 2.24. The molecule has 0 saturated heterocycles. The van der Waals surface area contributed by atoms with Crippen molar-refractivity contribution < 1.29 is 53.2 Å². The fourth-order valence-electron chi connectivity index (χ4n) is 1.24. The number of carboxylic acids is 4. The molecule has 0 aromatic heterocycles. The lowest BCUT2D eigenvalue weighted by molar-refractivity contribution is -0.149. The molecule has 0 heterocycles. The van der Waals surface area contributed by atoms with Crippen LogP contribution in [0.2, 0.25) is 0 Å². The second kappa shape index (κ2) is 9.87. The maximum absolute atomic E-state index is 11.3. The summed E-state index contributed by atoms with van der Waals surface area (Å²) < 4.78 is 20.4. The van der Waals surface area contributed by atoms with Crippen molar-refractivity contribution in [1.82, 2.24) is 0 Å². The summed E-state index contributed by atoms with van der Waals surface area (Å²) in [6, 6.07) is 0. The average molecular weight is 342 g/mol. The van der Waals surface area contributed by atoms with Gasteiger partial charge in [0.05, 0.1) is 37.9 Å². The third-order valence-electron chi connectivity index (χ3n) is 2.35. The van der Waals surface area contributed by atoms with Crippen LogP contribution >= 0.6 is 8.25 Å². The van der Waals surface area contributed by atoms with E-state index >= 15 is 0 Å². The van der Waals surface area contributed by atoms with Gasteiger partial charge in [-0.05, 0) is 0 Å². The molecule has 11 nitrogen and oxygen atoms in total. The lowest BCUT2D eigenvalue weighted by Crippen LogP contribution is -2.23. The van der Waals surface area contributed by atoms with E-state index in [9.17, 15) is 23.7 Å². The number of rotatable bonds is 12. The van der Waals surface area contributed by atoms with Gasteiger partial charge in [-0.25, -0.2) is 0 Å². The number of carboxylic acid groups (broad SMARTS) is 4. The second-order valence-electron chi connectivity index (χ2n) is 4.14. The molecule has 4 N–H and O–H groups in total. The molecule has 2 atom stereocenters. The molecular formula is C10H15O11P. The Bertz CT molecular complexity index is 420. The second-order valence-corrected chi connectivity index (χ2v) is 5.22. The van der Waals surface area contributed by atoms with Crippen molar-refractivity contribution in [3.63, 3.8) is 0 Å². The number of hydrogen-bond acceptors (Lipinski definition) is 7. The fourth-order valence-corrected chi connectivity index (χ4v) is 1.99. The SMILES string of the molecule is O=C(O)CC(CO[PH](=O)OCC(CC(=O)O)C(=O)O)C(=O)O. The summed E-state index contributed by atoms with van der Waals surface area (Å²) in [5.41, 5.74) is 0. The van der Waals surface area contributed by atoms with E-state index in [1.54, 1.807) is 0 Å². The van der Waals surface area contributed by atoms with Crippen LogP contribution in [0.1, 0.15) is 12.8 Å². The molecule has 0 rings (SSSR count). The van der Waals surface area contributed by atoms with Gasteiger partial charge in [-0.3, -0.25) is 23.7 Å². The standard InChI is InChI=1S/C10H15O11P/c11-7(12)1-5(9(15)16)3-20-22(19)21-4-6(10(17)18)2-8(13)14/h5-6,22H,1-4H2,(H,11,12)(H,13,14)(H,15,16)(H,17,18). The zero-order valence-electron chi connectivity index (χ0n) is 11.1. The van der Waals surface area contributed by atoms with Crippen molar-refractivity contribution in [1.29, 1.82) is 0 Å². The molecule has 0 aliphatic carbocycles. The quantitative estimate of drug-likeness (QED) is 0.343. The van der Waals surface area contributed by atoms with Crippen LogP contribution in [-0.2, 0) is 32.8 Å². The Morgan fingerprint density at radius 2 is 1.09 bits per heavy atom. The molecule has 0 amide bonds. The normalized spacial score (nSPS) is 14.7. The van der Waals surface area contributed by atoms with E-state index in [4.69, 9.17) is 20.4 Å². The molecule has 0 aromatic rings. The summed E-state index contributed by atoms with van der Waals surface area (Å²) in [6.07, 6.45) is -1.50. The van der Waals surface area contributed by atoms with E-state index in [-0.39, 0.29) is 0 Å². The third kappa shape index (κ3) is 9.06. The molecule has 0 radical (unpaired) electrons. The van der Waals surface area contributed by atoms with Gasteiger partial charge in [0, 0.05) is 0 Å². The lowest BCUT2D eigenvalue weighted by Gasteiger charge is -2.12. The summed E-state index contributed by atoms with van der Waals surface area (Å²) in [6.45, 7) is -1.40. The zero-order valence-corrected chi connectivity index (χ0v) is 12.1. The minimum Gasteiger partial charge on any atom is -0.481 e. The topological polar surface area (TPSA) is 185 Å². The van der Waals surface area contributed by atoms with Gasteiger partial charge in [-0.2, -0.15) is 0 Å². The summed E-state index contributed by atoms with van der Waals surface area (Å²) in [5.74, 6) is -8.58. The van der Waals surface area contributed by atoms with Crippen LogP contribution in [0.15, 0.2) is 0 Å². The molecule has 22 heavy (non-hydrogen) atoms. The third-order valence-corrected chi connectivity index (χ3v) is 3.15. The van der Waals surface area contributed by atoms with E-state index in [1.807, 2.05) is 0 Å². The van der Waals surface area contributed by atoms with Crippen LogP contribution in [0.5, 0.6) is 0 Å². The fraction of sp³-hybridized carbons (Fsp3) is 0.600. The summed E-state index contributed by atoms with van der Waals surface area (Å²) in [7, 11) is -3.28. The molecule has 0 spiro atoms. The van der Waals surface area contributed by atoms with E-state index in [1.165, 1.54) is 0 Å². The molecular weight excluding hydrogens is 327 g/mol. The Kier molecular flexibility index (Phi) is 8.99. The zero-order chi connectivity index (χ0) is 17.3. The molecule has 0 bridgehead atoms. The Balaban J connectivity index is 4.31. The Labute approximate surface area is 124 Å². The summed E-state index contributed by atoms with van der Waals surface area (Å²) in [4.78, 5) is 42.2. The van der Waals surface area contributed by atoms with Crippen molar-refractivity contribution >= 4 is 32.1 Å². The number of aliphatic carboxylic acids is 4. The Morgan fingerprint density at radius 1 is 0.773 bits per heavy atom. The highest BCUT2D eigenvalue weighted by molar-refractivity contribution is 7.33. The summed E-state index contributed by atoms with van der Waals surface area (Å²) >= 11 is 0. The van der Waals surface area contributed by atoms with Gasteiger partial charge in [0.15, 0.2) is 0 Å². The van der Waals surface area contributed by atoms with Crippen LogP contribution in [0.25, 0.3) is 0 Å². The van der Waals surface area contributed by atoms with Crippen LogP contribution in [0.3, 0.4) is 0 Å². The van der Waals surface area contributed by atoms with Crippen molar-refractivity contribution in [2.45, 2.75) is 12.8 Å². The smallest absolute Gasteiger partial charge is 0.319 e. The van der Waals surface area contributed by atoms with Gasteiger partial charge in [-0.1, -0.05) is 0 Å². The van der Waals surface area contributed by atoms with Gasteiger partial charge in [0.25, 0.3) is 0 Å². The first-order chi connectivity index (χ1) is 10.1. The van der Waals surface area contributed by atoms with Crippen LogP contribution in [0.4, 0.5) is 0 Å². The number of hydrogen-bond donors (Lipinski definition) is 4. The molecule has 0 aliphatic heterocycles. The number of carbonyl (C=O) groups is 4. The maximum atomic E-state index is 11.3. The first kappa shape index (κ1) is 20.0. The van der Waals surface area contributed by atoms with Gasteiger partial charge in [-0.15, -0.1) is 0 Å². The van der Waals surface area contributed by atoms with E-state index < -0.39 is 70.0 Å². The molecule has 0 saturated carbocycles. The van der Waals surface area contributed by atoms with Crippen molar-refractivity contribution in [3.8, 4) is 0 Å². The molecule has 0 aromatic carbocycles. The maximum Gasteiger partial charge on any atom is 0.319 e. The average Bonchev–Trinajstić information content (AvgIpc) is 2.37. The molecule has 0 fully saturated rings. The predicted molar refractivity (Wildman–Crippen MR) is 67.7 cm³/mol. The molecule has 126 valence electrons. The minimum absolute atomic E-state index is 0.698. The first-order valence-corrected chi connectivity index (χ1v) is 7.04. The van der Waals surface area contributed by atoms with E-state index in [0.717, 1.165) is 0 Å². The van der Waals surface area contributed by atoms with Gasteiger partial charge < -0.3 is 29.5 Å². The van der Waals surface area contributed by atoms with Crippen LogP contribution < -0.4 is 0 Å².